The molecule has 1 N–H and O–H groups in total. The van der Waals surface area contributed by atoms with Crippen LogP contribution >= 0.6 is 0 Å². The van der Waals surface area contributed by atoms with Crippen molar-refractivity contribution in [1.82, 2.24) is 14.4 Å². The minimum Gasteiger partial charge on any atom is -0.497 e. The molecule has 0 spiro atoms. The van der Waals surface area contributed by atoms with E-state index >= 15 is 0 Å². The Kier molecular flexibility index (Phi) is 4.51. The third-order valence-electron chi connectivity index (χ3n) is 5.15. The van der Waals surface area contributed by atoms with E-state index in [1.54, 1.807) is 12.0 Å². The van der Waals surface area contributed by atoms with Crippen molar-refractivity contribution in [1.29, 1.82) is 0 Å². The van der Waals surface area contributed by atoms with Crippen LogP contribution in [0.1, 0.15) is 17.1 Å². The van der Waals surface area contributed by atoms with Crippen molar-refractivity contribution >= 4 is 11.5 Å². The van der Waals surface area contributed by atoms with Gasteiger partial charge in [-0.25, -0.2) is 9.97 Å². The lowest BCUT2D eigenvalue weighted by molar-refractivity contribution is -0.914. The van der Waals surface area contributed by atoms with Gasteiger partial charge in [0, 0.05) is 23.3 Å². The molecule has 26 heavy (non-hydrogen) atoms. The summed E-state index contributed by atoms with van der Waals surface area (Å²) in [6.45, 7) is 9.43. The van der Waals surface area contributed by atoms with E-state index in [2.05, 4.69) is 45.6 Å². The number of quaternary nitrogens is 1. The Balaban J connectivity index is 1.39. The molecule has 4 rings (SSSR count). The van der Waals surface area contributed by atoms with Gasteiger partial charge in [-0.05, 0) is 44.2 Å². The maximum Gasteiger partial charge on any atom is 0.234 e. The number of fused-ring (bicyclic) bond motifs is 1. The predicted molar refractivity (Wildman–Crippen MR) is 102 cm³/mol. The quantitative estimate of drug-likeness (QED) is 0.768. The number of nitrogens with one attached hydrogen (secondary N) is 1. The molecule has 0 unspecified atom stereocenters. The fourth-order valence-corrected chi connectivity index (χ4v) is 3.71. The first-order valence-electron chi connectivity index (χ1n) is 9.17. The summed E-state index contributed by atoms with van der Waals surface area (Å²) >= 11 is 0. The number of methoxy groups -OCH3 is 1. The molecule has 0 radical (unpaired) electrons. The van der Waals surface area contributed by atoms with Gasteiger partial charge in [0.1, 0.15) is 18.0 Å². The highest BCUT2D eigenvalue weighted by Crippen LogP contribution is 2.19. The zero-order chi connectivity index (χ0) is 18.1. The molecule has 1 aromatic carbocycles. The summed E-state index contributed by atoms with van der Waals surface area (Å²) in [4.78, 5) is 13.3. The molecule has 3 aromatic rings. The number of hydrogen-bond donors (Lipinski definition) is 1. The van der Waals surface area contributed by atoms with E-state index in [9.17, 15) is 0 Å². The minimum atomic E-state index is 0.814. The molecular weight excluding hydrogens is 326 g/mol. The maximum atomic E-state index is 5.24. The Morgan fingerprint density at radius 2 is 1.81 bits per heavy atom. The Hall–Kier alpha value is -2.60. The first-order valence-corrected chi connectivity index (χ1v) is 9.17. The molecule has 1 saturated heterocycles. The van der Waals surface area contributed by atoms with Gasteiger partial charge in [0.2, 0.25) is 5.78 Å². The lowest BCUT2D eigenvalue weighted by atomic mass is 10.2. The Morgan fingerprint density at radius 1 is 1.08 bits per heavy atom. The Morgan fingerprint density at radius 3 is 2.50 bits per heavy atom. The molecule has 0 bridgehead atoms. The number of hydrogen-bond acceptors (Lipinski definition) is 4. The molecule has 1 fully saturated rings. The van der Waals surface area contributed by atoms with Crippen LogP contribution in [-0.4, -0.2) is 47.7 Å². The van der Waals surface area contributed by atoms with Crippen LogP contribution in [0, 0.1) is 13.8 Å². The molecule has 6 nitrogen and oxygen atoms in total. The molecule has 0 amide bonds. The molecule has 3 heterocycles. The minimum absolute atomic E-state index is 0.814. The van der Waals surface area contributed by atoms with Gasteiger partial charge in [0.15, 0.2) is 0 Å². The zero-order valence-electron chi connectivity index (χ0n) is 15.7. The predicted octanol–water partition coefficient (Wildman–Crippen LogP) is 1.26. The second-order valence-electron chi connectivity index (χ2n) is 7.05. The van der Waals surface area contributed by atoms with Gasteiger partial charge in [-0.15, -0.1) is 0 Å². The lowest BCUT2D eigenvalue weighted by Crippen LogP contribution is -3.13. The number of aromatic nitrogens is 3. The normalized spacial score (nSPS) is 15.6. The van der Waals surface area contributed by atoms with E-state index in [-0.39, 0.29) is 0 Å². The van der Waals surface area contributed by atoms with Gasteiger partial charge < -0.3 is 14.5 Å². The lowest BCUT2D eigenvalue weighted by Gasteiger charge is -2.33. The smallest absolute Gasteiger partial charge is 0.234 e. The SMILES string of the molecule is COc1ccc(N2CC[NH+](Cc3cn4c(C)cc(C)nc4n3)CC2)cc1. The summed E-state index contributed by atoms with van der Waals surface area (Å²) < 4.78 is 7.34. The monoisotopic (exact) mass is 352 g/mol. The number of anilines is 1. The fraction of sp³-hybridized carbons (Fsp3) is 0.400. The largest absolute Gasteiger partial charge is 0.497 e. The summed E-state index contributed by atoms with van der Waals surface area (Å²) in [5, 5.41) is 0. The van der Waals surface area contributed by atoms with Crippen molar-refractivity contribution in [2.45, 2.75) is 20.4 Å². The highest BCUT2D eigenvalue weighted by atomic mass is 16.5. The molecule has 6 heteroatoms. The average Bonchev–Trinajstić information content (AvgIpc) is 3.05. The summed E-state index contributed by atoms with van der Waals surface area (Å²) in [6.07, 6.45) is 2.14. The van der Waals surface area contributed by atoms with Crippen LogP contribution in [0.15, 0.2) is 36.5 Å². The van der Waals surface area contributed by atoms with Gasteiger partial charge >= 0.3 is 0 Å². The first-order chi connectivity index (χ1) is 12.6. The van der Waals surface area contributed by atoms with Crippen molar-refractivity contribution in [2.75, 3.05) is 38.2 Å². The highest BCUT2D eigenvalue weighted by Gasteiger charge is 2.21. The molecule has 0 atom stereocenters. The van der Waals surface area contributed by atoms with Crippen LogP contribution in [0.2, 0.25) is 0 Å². The van der Waals surface area contributed by atoms with Crippen LogP contribution in [0.5, 0.6) is 5.75 Å². The fourth-order valence-electron chi connectivity index (χ4n) is 3.71. The molecular formula is C20H26N5O+. The third kappa shape index (κ3) is 3.37. The van der Waals surface area contributed by atoms with E-state index < -0.39 is 0 Å². The van der Waals surface area contributed by atoms with E-state index in [0.29, 0.717) is 0 Å². The molecule has 2 aromatic heterocycles. The van der Waals surface area contributed by atoms with Crippen LogP contribution in [0.3, 0.4) is 0 Å². The summed E-state index contributed by atoms with van der Waals surface area (Å²) in [5.41, 5.74) is 4.60. The van der Waals surface area contributed by atoms with E-state index in [1.807, 2.05) is 19.1 Å². The number of ether oxygens (including phenoxy) is 1. The second kappa shape index (κ2) is 6.96. The molecule has 1 aliphatic rings. The Labute approximate surface area is 154 Å². The van der Waals surface area contributed by atoms with Crippen molar-refractivity contribution in [3.05, 3.63) is 53.6 Å². The molecule has 136 valence electrons. The van der Waals surface area contributed by atoms with Gasteiger partial charge in [-0.2, -0.15) is 0 Å². The number of nitrogens with zero attached hydrogens (tertiary/aromatic N) is 4. The van der Waals surface area contributed by atoms with Crippen LogP contribution in [0.4, 0.5) is 5.69 Å². The summed E-state index contributed by atoms with van der Waals surface area (Å²) in [5.74, 6) is 1.72. The summed E-state index contributed by atoms with van der Waals surface area (Å²) in [6, 6.07) is 10.4. The van der Waals surface area contributed by atoms with E-state index in [0.717, 1.165) is 55.6 Å². The van der Waals surface area contributed by atoms with Crippen molar-refractivity contribution in [2.24, 2.45) is 0 Å². The number of piperazine rings is 1. The van der Waals surface area contributed by atoms with Crippen LogP contribution in [-0.2, 0) is 6.54 Å². The zero-order valence-corrected chi connectivity index (χ0v) is 15.7. The maximum absolute atomic E-state index is 5.24. The van der Waals surface area contributed by atoms with Crippen molar-refractivity contribution in [3.8, 4) is 5.75 Å². The average molecular weight is 352 g/mol. The number of imidazole rings is 1. The topological polar surface area (TPSA) is 47.1 Å². The molecule has 1 aliphatic heterocycles. The number of rotatable bonds is 4. The van der Waals surface area contributed by atoms with Gasteiger partial charge in [-0.1, -0.05) is 0 Å². The van der Waals surface area contributed by atoms with Gasteiger partial charge in [0.25, 0.3) is 0 Å². The van der Waals surface area contributed by atoms with Gasteiger partial charge in [0.05, 0.1) is 33.3 Å². The van der Waals surface area contributed by atoms with E-state index in [1.165, 1.54) is 11.4 Å². The summed E-state index contributed by atoms with van der Waals surface area (Å²) in [7, 11) is 1.70. The van der Waals surface area contributed by atoms with Gasteiger partial charge in [-0.3, -0.25) is 4.40 Å². The van der Waals surface area contributed by atoms with Crippen molar-refractivity contribution < 1.29 is 9.64 Å². The molecule has 0 saturated carbocycles. The van der Waals surface area contributed by atoms with Crippen LogP contribution in [0.25, 0.3) is 5.78 Å². The highest BCUT2D eigenvalue weighted by molar-refractivity contribution is 5.49. The third-order valence-corrected chi connectivity index (χ3v) is 5.15. The Bertz CT molecular complexity index is 894. The van der Waals surface area contributed by atoms with E-state index in [4.69, 9.17) is 9.72 Å². The molecule has 0 aliphatic carbocycles. The number of benzene rings is 1. The standard InChI is InChI=1S/C20H25N5O/c1-15-12-16(2)25-14-17(22-20(25)21-15)13-23-8-10-24(11-9-23)18-4-6-19(26-3)7-5-18/h4-7,12,14H,8-11,13H2,1-3H3/p+1. The first kappa shape index (κ1) is 16.8. The van der Waals surface area contributed by atoms with Crippen molar-refractivity contribution in [3.63, 3.8) is 0 Å². The van der Waals surface area contributed by atoms with Crippen LogP contribution < -0.4 is 14.5 Å². The second-order valence-corrected chi connectivity index (χ2v) is 7.05. The number of aryl methyl sites for hydroxylation is 2.